The molecule has 0 bridgehead atoms. The molecule has 1 aromatic rings. The highest BCUT2D eigenvalue weighted by Gasteiger charge is 2.29. The van der Waals surface area contributed by atoms with Crippen LogP contribution in [-0.4, -0.2) is 29.9 Å². The lowest BCUT2D eigenvalue weighted by atomic mass is 9.93. The van der Waals surface area contributed by atoms with Crippen molar-refractivity contribution in [2.45, 2.75) is 58.1 Å². The Bertz CT molecular complexity index is 530. The van der Waals surface area contributed by atoms with E-state index in [1.807, 2.05) is 26.2 Å². The van der Waals surface area contributed by atoms with E-state index < -0.39 is 17.7 Å². The van der Waals surface area contributed by atoms with Gasteiger partial charge in [-0.3, -0.25) is 4.90 Å². The van der Waals surface area contributed by atoms with E-state index in [1.165, 1.54) is 21.8 Å². The SMILES string of the molecule is CN(C(=O)OC(C)(C)C)C(C=O)c1csc2c1CCCC2. The van der Waals surface area contributed by atoms with Crippen LogP contribution in [-0.2, 0) is 22.4 Å². The summed E-state index contributed by atoms with van der Waals surface area (Å²) >= 11 is 1.70. The third kappa shape index (κ3) is 3.64. The molecule has 2 rings (SSSR count). The number of aryl methyl sites for hydroxylation is 1. The lowest BCUT2D eigenvalue weighted by molar-refractivity contribution is -0.112. The molecule has 0 N–H and O–H groups in total. The molecule has 1 aliphatic rings. The Kier molecular flexibility index (Phi) is 4.71. The van der Waals surface area contributed by atoms with Crippen molar-refractivity contribution in [1.29, 1.82) is 0 Å². The van der Waals surface area contributed by atoms with Gasteiger partial charge in [-0.15, -0.1) is 11.3 Å². The smallest absolute Gasteiger partial charge is 0.410 e. The number of ether oxygens (including phenoxy) is 1. The summed E-state index contributed by atoms with van der Waals surface area (Å²) in [5.74, 6) is 0. The molecule has 1 unspecified atom stereocenters. The molecule has 0 spiro atoms. The van der Waals surface area contributed by atoms with Crippen molar-refractivity contribution < 1.29 is 14.3 Å². The fourth-order valence-corrected chi connectivity index (χ4v) is 3.76. The zero-order chi connectivity index (χ0) is 15.6. The van der Waals surface area contributed by atoms with Crippen LogP contribution in [0, 0.1) is 0 Å². The van der Waals surface area contributed by atoms with Gasteiger partial charge in [0.25, 0.3) is 0 Å². The largest absolute Gasteiger partial charge is 0.444 e. The van der Waals surface area contributed by atoms with Gasteiger partial charge in [-0.2, -0.15) is 0 Å². The Morgan fingerprint density at radius 3 is 2.67 bits per heavy atom. The van der Waals surface area contributed by atoms with Crippen LogP contribution in [0.25, 0.3) is 0 Å². The maximum Gasteiger partial charge on any atom is 0.410 e. The zero-order valence-electron chi connectivity index (χ0n) is 13.1. The van der Waals surface area contributed by atoms with Gasteiger partial charge in [0.2, 0.25) is 0 Å². The van der Waals surface area contributed by atoms with Gasteiger partial charge in [0.1, 0.15) is 17.9 Å². The van der Waals surface area contributed by atoms with Crippen molar-refractivity contribution in [2.24, 2.45) is 0 Å². The molecule has 0 aromatic carbocycles. The van der Waals surface area contributed by atoms with Crippen molar-refractivity contribution in [3.8, 4) is 0 Å². The predicted octanol–water partition coefficient (Wildman–Crippen LogP) is 3.73. The second-order valence-corrected chi connectivity index (χ2v) is 7.44. The standard InChI is InChI=1S/C16H23NO3S/c1-16(2,3)20-15(19)17(4)13(9-18)12-10-21-14-8-6-5-7-11(12)14/h9-10,13H,5-8H2,1-4H3. The highest BCUT2D eigenvalue weighted by molar-refractivity contribution is 7.10. The quantitative estimate of drug-likeness (QED) is 0.799. The van der Waals surface area contributed by atoms with Gasteiger partial charge in [-0.05, 0) is 63.0 Å². The summed E-state index contributed by atoms with van der Waals surface area (Å²) < 4.78 is 5.36. The van der Waals surface area contributed by atoms with E-state index in [9.17, 15) is 9.59 Å². The first-order chi connectivity index (χ1) is 9.83. The first kappa shape index (κ1) is 16.0. The van der Waals surface area contributed by atoms with Crippen molar-refractivity contribution in [3.05, 3.63) is 21.4 Å². The van der Waals surface area contributed by atoms with Crippen LogP contribution < -0.4 is 0 Å². The van der Waals surface area contributed by atoms with E-state index in [4.69, 9.17) is 4.74 Å². The van der Waals surface area contributed by atoms with Gasteiger partial charge in [0, 0.05) is 11.9 Å². The molecular formula is C16H23NO3S. The van der Waals surface area contributed by atoms with E-state index in [2.05, 4.69) is 0 Å². The van der Waals surface area contributed by atoms with Crippen LogP contribution >= 0.6 is 11.3 Å². The molecule has 116 valence electrons. The number of rotatable bonds is 3. The zero-order valence-corrected chi connectivity index (χ0v) is 14.0. The fourth-order valence-electron chi connectivity index (χ4n) is 2.59. The van der Waals surface area contributed by atoms with Crippen LogP contribution in [0.1, 0.15) is 55.7 Å². The minimum Gasteiger partial charge on any atom is -0.444 e. The van der Waals surface area contributed by atoms with Gasteiger partial charge in [0.05, 0.1) is 0 Å². The molecule has 0 fully saturated rings. The molecule has 21 heavy (non-hydrogen) atoms. The minimum atomic E-state index is -0.563. The van der Waals surface area contributed by atoms with Gasteiger partial charge >= 0.3 is 6.09 Å². The van der Waals surface area contributed by atoms with Crippen LogP contribution in [0.15, 0.2) is 5.38 Å². The molecule has 0 saturated carbocycles. The highest BCUT2D eigenvalue weighted by Crippen LogP contribution is 2.35. The third-order valence-corrected chi connectivity index (χ3v) is 4.75. The number of thiophene rings is 1. The number of carbonyl (C=O) groups excluding carboxylic acids is 2. The van der Waals surface area contributed by atoms with Crippen LogP contribution in [0.2, 0.25) is 0 Å². The lowest BCUT2D eigenvalue weighted by Gasteiger charge is -2.28. The van der Waals surface area contributed by atoms with Crippen LogP contribution in [0.3, 0.4) is 0 Å². The number of likely N-dealkylation sites (N-methyl/N-ethyl adjacent to an activating group) is 1. The van der Waals surface area contributed by atoms with Gasteiger partial charge < -0.3 is 9.53 Å². The monoisotopic (exact) mass is 309 g/mol. The molecule has 0 aliphatic heterocycles. The summed E-state index contributed by atoms with van der Waals surface area (Å²) in [6.07, 6.45) is 4.82. The van der Waals surface area contributed by atoms with Crippen LogP contribution in [0.5, 0.6) is 0 Å². The Morgan fingerprint density at radius 2 is 2.05 bits per heavy atom. The van der Waals surface area contributed by atoms with Gasteiger partial charge in [-0.1, -0.05) is 0 Å². The lowest BCUT2D eigenvalue weighted by Crippen LogP contribution is -2.37. The Morgan fingerprint density at radius 1 is 1.38 bits per heavy atom. The third-order valence-electron chi connectivity index (χ3n) is 3.64. The Hall–Kier alpha value is -1.36. The average Bonchev–Trinajstić information content (AvgIpc) is 2.82. The maximum atomic E-state index is 12.2. The predicted molar refractivity (Wildman–Crippen MR) is 83.8 cm³/mol. The number of fused-ring (bicyclic) bond motifs is 1. The molecular weight excluding hydrogens is 286 g/mol. The van der Waals surface area contributed by atoms with E-state index in [1.54, 1.807) is 18.4 Å². The summed E-state index contributed by atoms with van der Waals surface area (Å²) in [7, 11) is 1.63. The topological polar surface area (TPSA) is 46.6 Å². The Balaban J connectivity index is 2.21. The average molecular weight is 309 g/mol. The number of hydrogen-bond donors (Lipinski definition) is 0. The summed E-state index contributed by atoms with van der Waals surface area (Å²) in [5, 5.41) is 2.02. The second-order valence-electron chi connectivity index (χ2n) is 6.47. The van der Waals surface area contributed by atoms with Crippen molar-refractivity contribution in [2.75, 3.05) is 7.05 Å². The number of nitrogens with zero attached hydrogens (tertiary/aromatic N) is 1. The highest BCUT2D eigenvalue weighted by atomic mass is 32.1. The van der Waals surface area contributed by atoms with Gasteiger partial charge in [0.15, 0.2) is 0 Å². The van der Waals surface area contributed by atoms with Crippen molar-refractivity contribution in [3.63, 3.8) is 0 Å². The van der Waals surface area contributed by atoms with Crippen molar-refractivity contribution >= 4 is 23.7 Å². The normalized spacial score (nSPS) is 16.0. The molecule has 5 heteroatoms. The molecule has 1 heterocycles. The molecule has 1 atom stereocenters. The summed E-state index contributed by atoms with van der Waals surface area (Å²) in [6, 6.07) is -0.557. The maximum absolute atomic E-state index is 12.2. The molecule has 0 radical (unpaired) electrons. The molecule has 1 aliphatic carbocycles. The fraction of sp³-hybridized carbons (Fsp3) is 0.625. The van der Waals surface area contributed by atoms with E-state index >= 15 is 0 Å². The van der Waals surface area contributed by atoms with Gasteiger partial charge in [-0.25, -0.2) is 4.79 Å². The number of amides is 1. The first-order valence-electron chi connectivity index (χ1n) is 7.33. The summed E-state index contributed by atoms with van der Waals surface area (Å²) in [4.78, 5) is 26.5. The molecule has 1 amide bonds. The Labute approximate surface area is 130 Å². The summed E-state index contributed by atoms with van der Waals surface area (Å²) in [6.45, 7) is 5.46. The summed E-state index contributed by atoms with van der Waals surface area (Å²) in [5.41, 5.74) is 1.67. The number of carbonyl (C=O) groups is 2. The minimum absolute atomic E-state index is 0.463. The number of hydrogen-bond acceptors (Lipinski definition) is 4. The van der Waals surface area contributed by atoms with Crippen LogP contribution in [0.4, 0.5) is 4.79 Å². The van der Waals surface area contributed by atoms with E-state index in [-0.39, 0.29) is 0 Å². The number of aldehydes is 1. The van der Waals surface area contributed by atoms with E-state index in [0.29, 0.717) is 0 Å². The first-order valence-corrected chi connectivity index (χ1v) is 8.21. The molecule has 1 aromatic heterocycles. The van der Waals surface area contributed by atoms with Crippen molar-refractivity contribution in [1.82, 2.24) is 4.90 Å². The second kappa shape index (κ2) is 6.18. The molecule has 0 saturated heterocycles. The molecule has 4 nitrogen and oxygen atoms in total. The van der Waals surface area contributed by atoms with E-state index in [0.717, 1.165) is 31.1 Å².